The molecule has 6 nitrogen and oxygen atoms in total. The average molecular weight is 362 g/mol. The molecule has 0 aliphatic carbocycles. The van der Waals surface area contributed by atoms with E-state index in [0.29, 0.717) is 11.3 Å². The topological polar surface area (TPSA) is 69.0 Å². The second kappa shape index (κ2) is 7.26. The van der Waals surface area contributed by atoms with Crippen molar-refractivity contribution in [2.45, 2.75) is 13.5 Å². The molecule has 0 aliphatic rings. The van der Waals surface area contributed by atoms with Crippen molar-refractivity contribution < 1.29 is 22.7 Å². The monoisotopic (exact) mass is 362 g/mol. The molecule has 0 aliphatic heterocycles. The molecule has 0 bridgehead atoms. The highest BCUT2D eigenvalue weighted by Gasteiger charge is 2.19. The first-order valence-corrected chi connectivity index (χ1v) is 7.48. The highest BCUT2D eigenvalue weighted by Crippen LogP contribution is 2.30. The molecule has 0 saturated carbocycles. The lowest BCUT2D eigenvalue weighted by atomic mass is 10.2. The van der Waals surface area contributed by atoms with Gasteiger partial charge in [0.15, 0.2) is 5.69 Å². The van der Waals surface area contributed by atoms with E-state index in [9.17, 15) is 18.0 Å². The van der Waals surface area contributed by atoms with Crippen LogP contribution in [0.2, 0.25) is 0 Å². The van der Waals surface area contributed by atoms with Gasteiger partial charge in [-0.1, -0.05) is 23.4 Å². The van der Waals surface area contributed by atoms with Crippen molar-refractivity contribution in [2.75, 3.05) is 5.32 Å². The van der Waals surface area contributed by atoms with Crippen molar-refractivity contribution in [3.8, 4) is 11.4 Å². The van der Waals surface area contributed by atoms with E-state index in [2.05, 4.69) is 20.4 Å². The van der Waals surface area contributed by atoms with Crippen molar-refractivity contribution in [3.05, 3.63) is 65.7 Å². The smallest absolute Gasteiger partial charge is 0.387 e. The number of hydrogen-bond donors (Lipinski definition) is 1. The summed E-state index contributed by atoms with van der Waals surface area (Å²) in [6, 6.07) is 9.93. The maximum absolute atomic E-state index is 13.4. The summed E-state index contributed by atoms with van der Waals surface area (Å²) >= 11 is 0. The number of amides is 1. The quantitative estimate of drug-likeness (QED) is 0.753. The molecule has 26 heavy (non-hydrogen) atoms. The van der Waals surface area contributed by atoms with Gasteiger partial charge in [0.1, 0.15) is 11.6 Å². The number of anilines is 1. The number of alkyl halides is 2. The molecular weight excluding hydrogens is 349 g/mol. The van der Waals surface area contributed by atoms with E-state index in [1.807, 2.05) is 0 Å². The van der Waals surface area contributed by atoms with Gasteiger partial charge in [0.05, 0.1) is 17.6 Å². The summed E-state index contributed by atoms with van der Waals surface area (Å²) < 4.78 is 44.1. The van der Waals surface area contributed by atoms with Crippen molar-refractivity contribution in [3.63, 3.8) is 0 Å². The number of ether oxygens (including phenoxy) is 1. The third kappa shape index (κ3) is 3.66. The third-order valence-corrected chi connectivity index (χ3v) is 3.52. The summed E-state index contributed by atoms with van der Waals surface area (Å²) in [5.41, 5.74) is 0.925. The minimum absolute atomic E-state index is 0.00171. The molecule has 3 aromatic rings. The summed E-state index contributed by atoms with van der Waals surface area (Å²) in [5, 5.41) is 9.95. The molecule has 0 unspecified atom stereocenters. The Morgan fingerprint density at radius 3 is 2.73 bits per heavy atom. The SMILES string of the molecule is Cc1cccc(OC(F)F)c1NC(=O)c1cnnn1-c1cccc(F)c1. The molecule has 0 fully saturated rings. The number of halogens is 3. The molecule has 1 N–H and O–H groups in total. The second-order valence-electron chi connectivity index (χ2n) is 5.29. The number of carbonyl (C=O) groups is 1. The van der Waals surface area contributed by atoms with Crippen molar-refractivity contribution in [1.29, 1.82) is 0 Å². The second-order valence-corrected chi connectivity index (χ2v) is 5.29. The Bertz CT molecular complexity index is 943. The first-order chi connectivity index (χ1) is 12.5. The van der Waals surface area contributed by atoms with E-state index in [0.717, 1.165) is 4.68 Å². The van der Waals surface area contributed by atoms with Gasteiger partial charge in [-0.2, -0.15) is 8.78 Å². The lowest BCUT2D eigenvalue weighted by Crippen LogP contribution is -2.18. The predicted molar refractivity (Wildman–Crippen MR) is 87.1 cm³/mol. The van der Waals surface area contributed by atoms with E-state index in [-0.39, 0.29) is 17.1 Å². The van der Waals surface area contributed by atoms with Crippen LogP contribution in [0, 0.1) is 12.7 Å². The normalized spacial score (nSPS) is 10.8. The zero-order valence-corrected chi connectivity index (χ0v) is 13.5. The largest absolute Gasteiger partial charge is 0.433 e. The lowest BCUT2D eigenvalue weighted by Gasteiger charge is -2.14. The van der Waals surface area contributed by atoms with Gasteiger partial charge in [-0.3, -0.25) is 4.79 Å². The van der Waals surface area contributed by atoms with Crippen molar-refractivity contribution in [2.24, 2.45) is 0 Å². The van der Waals surface area contributed by atoms with Crippen LogP contribution < -0.4 is 10.1 Å². The average Bonchev–Trinajstić information content (AvgIpc) is 3.07. The molecule has 9 heteroatoms. The van der Waals surface area contributed by atoms with E-state index < -0.39 is 18.3 Å². The Hall–Kier alpha value is -3.36. The molecule has 0 saturated heterocycles. The molecule has 1 aromatic heterocycles. The van der Waals surface area contributed by atoms with Gasteiger partial charge in [0.2, 0.25) is 0 Å². The fourth-order valence-corrected chi connectivity index (χ4v) is 2.36. The van der Waals surface area contributed by atoms with Gasteiger partial charge in [0, 0.05) is 0 Å². The minimum atomic E-state index is -3.04. The first kappa shape index (κ1) is 17.5. The fourth-order valence-electron chi connectivity index (χ4n) is 2.36. The first-order valence-electron chi connectivity index (χ1n) is 7.48. The number of aryl methyl sites for hydroxylation is 1. The molecule has 134 valence electrons. The zero-order chi connectivity index (χ0) is 18.7. The Kier molecular flexibility index (Phi) is 4.87. The molecule has 3 rings (SSSR count). The molecule has 0 spiro atoms. The summed E-state index contributed by atoms with van der Waals surface area (Å²) in [4.78, 5) is 12.6. The van der Waals surface area contributed by atoms with Crippen LogP contribution in [-0.2, 0) is 0 Å². The molecule has 1 amide bonds. The molecule has 0 atom stereocenters. The summed E-state index contributed by atoms with van der Waals surface area (Å²) in [6.45, 7) is -1.40. The van der Waals surface area contributed by atoms with Gasteiger partial charge in [-0.05, 0) is 36.8 Å². The molecule has 0 radical (unpaired) electrons. The van der Waals surface area contributed by atoms with E-state index in [4.69, 9.17) is 0 Å². The highest BCUT2D eigenvalue weighted by molar-refractivity contribution is 6.04. The van der Waals surface area contributed by atoms with Crippen LogP contribution in [0.5, 0.6) is 5.75 Å². The summed E-state index contributed by atoms with van der Waals surface area (Å²) in [7, 11) is 0. The van der Waals surface area contributed by atoms with Crippen LogP contribution >= 0.6 is 0 Å². The third-order valence-electron chi connectivity index (χ3n) is 3.52. The summed E-state index contributed by atoms with van der Waals surface area (Å²) in [5.74, 6) is -1.33. The highest BCUT2D eigenvalue weighted by atomic mass is 19.3. The maximum atomic E-state index is 13.4. The predicted octanol–water partition coefficient (Wildman–Crippen LogP) is 3.57. The Morgan fingerprint density at radius 2 is 2.00 bits per heavy atom. The van der Waals surface area contributed by atoms with Crippen LogP contribution in [0.4, 0.5) is 18.9 Å². The molecule has 1 heterocycles. The van der Waals surface area contributed by atoms with Gasteiger partial charge in [-0.15, -0.1) is 5.10 Å². The minimum Gasteiger partial charge on any atom is -0.433 e. The van der Waals surface area contributed by atoms with E-state index in [1.54, 1.807) is 19.1 Å². The van der Waals surface area contributed by atoms with E-state index >= 15 is 0 Å². The standard InChI is InChI=1S/C17H13F3N4O2/c1-10-4-2-7-14(26-17(19)20)15(10)22-16(25)13-9-21-23-24(13)12-6-3-5-11(18)8-12/h2-9,17H,1H3,(H,22,25). The number of rotatable bonds is 5. The maximum Gasteiger partial charge on any atom is 0.387 e. The molecule has 2 aromatic carbocycles. The number of nitrogens with zero attached hydrogens (tertiary/aromatic N) is 3. The van der Waals surface area contributed by atoms with Crippen LogP contribution in [0.1, 0.15) is 16.1 Å². The number of nitrogens with one attached hydrogen (secondary N) is 1. The zero-order valence-electron chi connectivity index (χ0n) is 13.5. The number of carbonyl (C=O) groups excluding carboxylic acids is 1. The number of aromatic nitrogens is 3. The van der Waals surface area contributed by atoms with E-state index in [1.165, 1.54) is 36.5 Å². The van der Waals surface area contributed by atoms with Crippen molar-refractivity contribution in [1.82, 2.24) is 15.0 Å². The van der Waals surface area contributed by atoms with Crippen molar-refractivity contribution >= 4 is 11.6 Å². The van der Waals surface area contributed by atoms with Crippen LogP contribution in [0.3, 0.4) is 0 Å². The number of para-hydroxylation sites is 1. The van der Waals surface area contributed by atoms with Gasteiger partial charge in [0.25, 0.3) is 5.91 Å². The van der Waals surface area contributed by atoms with Gasteiger partial charge < -0.3 is 10.1 Å². The fraction of sp³-hybridized carbons (Fsp3) is 0.118. The Labute approximate surface area is 146 Å². The van der Waals surface area contributed by atoms with Crippen LogP contribution in [0.15, 0.2) is 48.7 Å². The van der Waals surface area contributed by atoms with Gasteiger partial charge in [-0.25, -0.2) is 9.07 Å². The van der Waals surface area contributed by atoms with Gasteiger partial charge >= 0.3 is 6.61 Å². The lowest BCUT2D eigenvalue weighted by molar-refractivity contribution is -0.0493. The van der Waals surface area contributed by atoms with Crippen LogP contribution in [0.25, 0.3) is 5.69 Å². The molecular formula is C17H13F3N4O2. The number of hydrogen-bond acceptors (Lipinski definition) is 4. The summed E-state index contributed by atoms with van der Waals surface area (Å²) in [6.07, 6.45) is 1.19. The number of benzene rings is 2. The van der Waals surface area contributed by atoms with Crippen LogP contribution in [-0.4, -0.2) is 27.5 Å². The Morgan fingerprint density at radius 1 is 1.23 bits per heavy atom. The Balaban J connectivity index is 1.92.